The summed E-state index contributed by atoms with van der Waals surface area (Å²) in [4.78, 5) is 13.9. The Morgan fingerprint density at radius 1 is 1.43 bits per heavy atom. The lowest BCUT2D eigenvalue weighted by Gasteiger charge is -2.15. The third kappa shape index (κ3) is 2.72. The van der Waals surface area contributed by atoms with Crippen molar-refractivity contribution in [2.75, 3.05) is 18.4 Å². The zero-order chi connectivity index (χ0) is 14.7. The Morgan fingerprint density at radius 2 is 2.29 bits per heavy atom. The fourth-order valence-electron chi connectivity index (χ4n) is 2.64. The summed E-state index contributed by atoms with van der Waals surface area (Å²) in [6.07, 6.45) is 4.71. The van der Waals surface area contributed by atoms with Crippen LogP contribution >= 0.6 is 0 Å². The molecule has 0 spiro atoms. The molecule has 0 unspecified atom stereocenters. The molecule has 0 saturated carbocycles. The first-order valence-electron chi connectivity index (χ1n) is 6.82. The van der Waals surface area contributed by atoms with Gasteiger partial charge in [-0.1, -0.05) is 18.2 Å². The van der Waals surface area contributed by atoms with Crippen LogP contribution in [0.1, 0.15) is 28.4 Å². The first-order valence-corrected chi connectivity index (χ1v) is 6.82. The van der Waals surface area contributed by atoms with Gasteiger partial charge < -0.3 is 10.2 Å². The summed E-state index contributed by atoms with van der Waals surface area (Å²) < 4.78 is 0. The molecule has 3 rings (SSSR count). The second-order valence-corrected chi connectivity index (χ2v) is 5.03. The van der Waals surface area contributed by atoms with Gasteiger partial charge >= 0.3 is 0 Å². The van der Waals surface area contributed by atoms with Gasteiger partial charge in [-0.2, -0.15) is 10.4 Å². The van der Waals surface area contributed by atoms with E-state index in [2.05, 4.69) is 21.7 Å². The molecule has 2 aromatic rings. The number of carbonyl (C=O) groups is 1. The fourth-order valence-corrected chi connectivity index (χ4v) is 2.64. The number of carbonyl (C=O) groups excluding carboxylic acids is 1. The van der Waals surface area contributed by atoms with Crippen molar-refractivity contribution in [1.29, 1.82) is 5.26 Å². The first-order chi connectivity index (χ1) is 10.3. The molecular weight excluding hydrogens is 266 g/mol. The first kappa shape index (κ1) is 13.2. The molecule has 0 radical (unpaired) electrons. The number of aromatic nitrogens is 2. The standard InChI is InChI=1S/C15H15N5O/c16-10-20-8-6-11(9-20)12-3-1-2-4-13(12)18-15(21)14-5-7-17-19-14/h1-5,7,11H,6,8-9H2,(H,17,19)(H,18,21)/t11-/m0/s1. The Labute approximate surface area is 122 Å². The number of nitrogens with zero attached hydrogens (tertiary/aromatic N) is 3. The van der Waals surface area contributed by atoms with Crippen molar-refractivity contribution in [3.05, 3.63) is 47.8 Å². The second kappa shape index (κ2) is 5.67. The molecule has 1 atom stereocenters. The molecule has 0 aliphatic carbocycles. The van der Waals surface area contributed by atoms with Gasteiger partial charge in [-0.15, -0.1) is 0 Å². The van der Waals surface area contributed by atoms with Gasteiger partial charge in [0.2, 0.25) is 0 Å². The largest absolute Gasteiger partial charge is 0.320 e. The van der Waals surface area contributed by atoms with E-state index in [4.69, 9.17) is 5.26 Å². The third-order valence-corrected chi connectivity index (χ3v) is 3.71. The van der Waals surface area contributed by atoms with E-state index in [0.717, 1.165) is 24.2 Å². The maximum absolute atomic E-state index is 12.1. The van der Waals surface area contributed by atoms with Gasteiger partial charge in [0.15, 0.2) is 6.19 Å². The zero-order valence-electron chi connectivity index (χ0n) is 11.4. The zero-order valence-corrected chi connectivity index (χ0v) is 11.4. The number of nitriles is 1. The number of benzene rings is 1. The van der Waals surface area contributed by atoms with Crippen LogP contribution < -0.4 is 5.32 Å². The summed E-state index contributed by atoms with van der Waals surface area (Å²) in [6.45, 7) is 1.47. The summed E-state index contributed by atoms with van der Waals surface area (Å²) in [5.74, 6) is 0.0270. The molecule has 2 N–H and O–H groups in total. The van der Waals surface area contributed by atoms with E-state index in [1.165, 1.54) is 0 Å². The normalized spacial score (nSPS) is 17.5. The summed E-state index contributed by atoms with van der Waals surface area (Å²) in [7, 11) is 0. The number of H-pyrrole nitrogens is 1. The van der Waals surface area contributed by atoms with Crippen LogP contribution in [-0.4, -0.2) is 34.1 Å². The van der Waals surface area contributed by atoms with Crippen LogP contribution in [0.2, 0.25) is 0 Å². The number of amides is 1. The number of aromatic amines is 1. The fraction of sp³-hybridized carbons (Fsp3) is 0.267. The van der Waals surface area contributed by atoms with Crippen LogP contribution in [0.5, 0.6) is 0 Å². The van der Waals surface area contributed by atoms with Gasteiger partial charge in [0.25, 0.3) is 5.91 Å². The van der Waals surface area contributed by atoms with Crippen molar-refractivity contribution in [3.8, 4) is 6.19 Å². The summed E-state index contributed by atoms with van der Waals surface area (Å²) in [5, 5.41) is 18.4. The predicted octanol–water partition coefficient (Wildman–Crippen LogP) is 1.93. The van der Waals surface area contributed by atoms with E-state index in [0.29, 0.717) is 12.2 Å². The number of likely N-dealkylation sites (tertiary alicyclic amines) is 1. The van der Waals surface area contributed by atoms with E-state index >= 15 is 0 Å². The highest BCUT2D eigenvalue weighted by atomic mass is 16.1. The van der Waals surface area contributed by atoms with Gasteiger partial charge in [-0.05, 0) is 24.1 Å². The minimum absolute atomic E-state index is 0.237. The highest BCUT2D eigenvalue weighted by Crippen LogP contribution is 2.32. The van der Waals surface area contributed by atoms with Gasteiger partial charge in [0, 0.05) is 30.9 Å². The highest BCUT2D eigenvalue weighted by Gasteiger charge is 2.25. The van der Waals surface area contributed by atoms with E-state index in [1.54, 1.807) is 17.2 Å². The van der Waals surface area contributed by atoms with Crippen LogP contribution in [0.25, 0.3) is 0 Å². The Balaban J connectivity index is 1.80. The minimum Gasteiger partial charge on any atom is -0.320 e. The Bertz CT molecular complexity index is 674. The maximum Gasteiger partial charge on any atom is 0.276 e. The van der Waals surface area contributed by atoms with Crippen molar-refractivity contribution in [2.24, 2.45) is 0 Å². The lowest BCUT2D eigenvalue weighted by Crippen LogP contribution is -2.16. The van der Waals surface area contributed by atoms with Crippen LogP contribution in [0.4, 0.5) is 5.69 Å². The molecule has 1 amide bonds. The summed E-state index contributed by atoms with van der Waals surface area (Å²) in [5.41, 5.74) is 2.21. The van der Waals surface area contributed by atoms with Crippen molar-refractivity contribution in [3.63, 3.8) is 0 Å². The smallest absolute Gasteiger partial charge is 0.276 e. The Kier molecular flexibility index (Phi) is 3.56. The van der Waals surface area contributed by atoms with Crippen LogP contribution in [0.15, 0.2) is 36.5 Å². The molecule has 0 bridgehead atoms. The monoisotopic (exact) mass is 281 g/mol. The number of nitrogens with one attached hydrogen (secondary N) is 2. The summed E-state index contributed by atoms with van der Waals surface area (Å²) >= 11 is 0. The lowest BCUT2D eigenvalue weighted by atomic mass is 9.96. The molecule has 1 saturated heterocycles. The number of hydrogen-bond donors (Lipinski definition) is 2. The molecule has 1 aliphatic rings. The average molecular weight is 281 g/mol. The van der Waals surface area contributed by atoms with E-state index in [-0.39, 0.29) is 11.8 Å². The number of para-hydroxylation sites is 1. The molecule has 1 aromatic carbocycles. The van der Waals surface area contributed by atoms with Gasteiger partial charge in [-0.3, -0.25) is 9.89 Å². The number of rotatable bonds is 3. The lowest BCUT2D eigenvalue weighted by molar-refractivity contribution is 0.102. The molecule has 6 heteroatoms. The van der Waals surface area contributed by atoms with Gasteiger partial charge in [0.1, 0.15) is 5.69 Å². The highest BCUT2D eigenvalue weighted by molar-refractivity contribution is 6.03. The minimum atomic E-state index is -0.237. The van der Waals surface area contributed by atoms with Gasteiger partial charge in [-0.25, -0.2) is 0 Å². The molecule has 6 nitrogen and oxygen atoms in total. The second-order valence-electron chi connectivity index (χ2n) is 5.03. The van der Waals surface area contributed by atoms with Gasteiger partial charge in [0.05, 0.1) is 0 Å². The molecular formula is C15H15N5O. The predicted molar refractivity (Wildman–Crippen MR) is 77.5 cm³/mol. The van der Waals surface area contributed by atoms with Crippen LogP contribution in [0.3, 0.4) is 0 Å². The van der Waals surface area contributed by atoms with Crippen molar-refractivity contribution >= 4 is 11.6 Å². The van der Waals surface area contributed by atoms with Crippen LogP contribution in [0, 0.1) is 11.5 Å². The summed E-state index contributed by atoms with van der Waals surface area (Å²) in [6, 6.07) is 9.36. The van der Waals surface area contributed by atoms with E-state index in [9.17, 15) is 4.79 Å². The third-order valence-electron chi connectivity index (χ3n) is 3.71. The quantitative estimate of drug-likeness (QED) is 0.842. The number of hydrogen-bond acceptors (Lipinski definition) is 4. The molecule has 1 fully saturated rings. The van der Waals surface area contributed by atoms with Crippen molar-refractivity contribution in [1.82, 2.24) is 15.1 Å². The van der Waals surface area contributed by atoms with Crippen molar-refractivity contribution in [2.45, 2.75) is 12.3 Å². The average Bonchev–Trinajstić information content (AvgIpc) is 3.19. The molecule has 1 aromatic heterocycles. The molecule has 106 valence electrons. The Hall–Kier alpha value is -2.81. The van der Waals surface area contributed by atoms with Crippen LogP contribution in [-0.2, 0) is 0 Å². The maximum atomic E-state index is 12.1. The molecule has 2 heterocycles. The molecule has 1 aliphatic heterocycles. The SMILES string of the molecule is N#CN1CC[C@H](c2ccccc2NC(=O)c2cc[nH]n2)C1. The molecule has 21 heavy (non-hydrogen) atoms. The Morgan fingerprint density at radius 3 is 3.00 bits per heavy atom. The topological polar surface area (TPSA) is 84.8 Å². The van der Waals surface area contributed by atoms with E-state index in [1.807, 2.05) is 24.3 Å². The number of anilines is 1. The van der Waals surface area contributed by atoms with Crippen molar-refractivity contribution < 1.29 is 4.79 Å². The van der Waals surface area contributed by atoms with E-state index < -0.39 is 0 Å².